The maximum absolute atomic E-state index is 11.2. The first kappa shape index (κ1) is 11.7. The fourth-order valence-corrected chi connectivity index (χ4v) is 1.60. The summed E-state index contributed by atoms with van der Waals surface area (Å²) < 4.78 is 0. The van der Waals surface area contributed by atoms with Crippen molar-refractivity contribution in [2.24, 2.45) is 0 Å². The molecule has 0 saturated heterocycles. The average molecular weight is 222 g/mol. The van der Waals surface area contributed by atoms with Crippen LogP contribution < -0.4 is 0 Å². The van der Waals surface area contributed by atoms with Crippen LogP contribution in [0.2, 0.25) is 5.02 Å². The van der Waals surface area contributed by atoms with Crippen LogP contribution in [0, 0.1) is 0 Å². The fourth-order valence-electron chi connectivity index (χ4n) is 1.25. The van der Waals surface area contributed by atoms with Crippen LogP contribution in [0.1, 0.15) is 35.5 Å². The van der Waals surface area contributed by atoms with E-state index in [1.165, 1.54) is 13.1 Å². The first-order valence-electron chi connectivity index (χ1n) is 4.56. The van der Waals surface area contributed by atoms with Crippen molar-refractivity contribution >= 4 is 29.5 Å². The highest BCUT2D eigenvalue weighted by atomic mass is 35.5. The van der Waals surface area contributed by atoms with Crippen molar-refractivity contribution in [1.82, 2.24) is 4.98 Å². The summed E-state index contributed by atoms with van der Waals surface area (Å²) >= 11 is 6.08. The van der Waals surface area contributed by atoms with Crippen molar-refractivity contribution in [1.29, 1.82) is 0 Å². The lowest BCUT2D eigenvalue weighted by molar-refractivity contribution is 0.101. The van der Waals surface area contributed by atoms with E-state index in [2.05, 4.69) is 11.6 Å². The van der Waals surface area contributed by atoms with Gasteiger partial charge >= 0.3 is 0 Å². The summed E-state index contributed by atoms with van der Waals surface area (Å²) in [5.41, 5.74) is 1.85. The standard InChI is InChI=1S/C12H12ClNO/c1-4-6-11-9(5-2)12(13)10(7-14-11)8(3)15/h4-7H,2H2,1,3H3/b6-4-. The molecule has 0 saturated carbocycles. The second-order valence-corrected chi connectivity index (χ2v) is 3.42. The number of Topliss-reactive ketones (excluding diaryl/α,β-unsaturated/α-hetero) is 1. The van der Waals surface area contributed by atoms with Gasteiger partial charge in [0.2, 0.25) is 0 Å². The van der Waals surface area contributed by atoms with Gasteiger partial charge in [-0.05, 0) is 19.9 Å². The van der Waals surface area contributed by atoms with E-state index >= 15 is 0 Å². The van der Waals surface area contributed by atoms with Crippen LogP contribution in [-0.4, -0.2) is 10.8 Å². The van der Waals surface area contributed by atoms with Gasteiger partial charge in [-0.1, -0.05) is 30.3 Å². The Morgan fingerprint density at radius 1 is 1.60 bits per heavy atom. The highest BCUT2D eigenvalue weighted by molar-refractivity contribution is 6.35. The van der Waals surface area contributed by atoms with Gasteiger partial charge in [-0.2, -0.15) is 0 Å². The van der Waals surface area contributed by atoms with Crippen molar-refractivity contribution in [3.63, 3.8) is 0 Å². The predicted molar refractivity (Wildman–Crippen MR) is 64.1 cm³/mol. The molecule has 1 heterocycles. The van der Waals surface area contributed by atoms with Gasteiger partial charge in [0.25, 0.3) is 0 Å². The third-order valence-electron chi connectivity index (χ3n) is 1.99. The molecule has 0 unspecified atom stereocenters. The number of aromatic nitrogens is 1. The molecule has 3 heteroatoms. The summed E-state index contributed by atoms with van der Waals surface area (Å²) in [6.07, 6.45) is 6.79. The predicted octanol–water partition coefficient (Wildman–Crippen LogP) is 3.61. The van der Waals surface area contributed by atoms with Gasteiger partial charge in [0.1, 0.15) is 0 Å². The van der Waals surface area contributed by atoms with E-state index in [0.717, 1.165) is 5.69 Å². The Labute approximate surface area is 94.3 Å². The van der Waals surface area contributed by atoms with E-state index < -0.39 is 0 Å². The zero-order valence-electron chi connectivity index (χ0n) is 8.75. The Morgan fingerprint density at radius 2 is 2.27 bits per heavy atom. The normalized spacial score (nSPS) is 10.6. The van der Waals surface area contributed by atoms with Gasteiger partial charge < -0.3 is 0 Å². The quantitative estimate of drug-likeness (QED) is 0.730. The lowest BCUT2D eigenvalue weighted by Gasteiger charge is -2.06. The summed E-state index contributed by atoms with van der Waals surface area (Å²) in [5, 5.41) is 0.417. The van der Waals surface area contributed by atoms with Crippen LogP contribution >= 0.6 is 11.6 Å². The molecule has 0 spiro atoms. The summed E-state index contributed by atoms with van der Waals surface area (Å²) in [6, 6.07) is 0. The maximum Gasteiger partial charge on any atom is 0.162 e. The second-order valence-electron chi connectivity index (χ2n) is 3.05. The molecular formula is C12H12ClNO. The minimum absolute atomic E-state index is 0.0948. The molecule has 0 N–H and O–H groups in total. The Morgan fingerprint density at radius 3 is 2.73 bits per heavy atom. The molecule has 0 radical (unpaired) electrons. The molecule has 0 aromatic carbocycles. The zero-order valence-corrected chi connectivity index (χ0v) is 9.51. The molecule has 78 valence electrons. The Bertz CT molecular complexity index is 435. The minimum atomic E-state index is -0.0948. The number of nitrogens with zero attached hydrogens (tertiary/aromatic N) is 1. The molecule has 1 aromatic rings. The lowest BCUT2D eigenvalue weighted by Crippen LogP contribution is -1.99. The number of ketones is 1. The van der Waals surface area contributed by atoms with E-state index in [1.54, 1.807) is 6.08 Å². The molecule has 15 heavy (non-hydrogen) atoms. The maximum atomic E-state index is 11.2. The summed E-state index contributed by atoms with van der Waals surface area (Å²) in [4.78, 5) is 15.4. The zero-order chi connectivity index (χ0) is 11.4. The molecule has 0 bridgehead atoms. The molecule has 0 fully saturated rings. The van der Waals surface area contributed by atoms with E-state index in [1.807, 2.05) is 19.1 Å². The number of hydrogen-bond donors (Lipinski definition) is 0. The Kier molecular flexibility index (Phi) is 3.81. The number of rotatable bonds is 3. The van der Waals surface area contributed by atoms with Crippen LogP contribution in [0.4, 0.5) is 0 Å². The molecule has 1 rings (SSSR count). The van der Waals surface area contributed by atoms with E-state index in [9.17, 15) is 4.79 Å². The molecule has 0 aliphatic carbocycles. The van der Waals surface area contributed by atoms with Crippen LogP contribution in [0.3, 0.4) is 0 Å². The number of pyridine rings is 1. The number of carbonyl (C=O) groups excluding carboxylic acids is 1. The number of halogens is 1. The molecule has 0 amide bonds. The minimum Gasteiger partial charge on any atom is -0.294 e. The van der Waals surface area contributed by atoms with E-state index in [4.69, 9.17) is 11.6 Å². The van der Waals surface area contributed by atoms with Crippen molar-refractivity contribution in [2.45, 2.75) is 13.8 Å². The molecular weight excluding hydrogens is 210 g/mol. The summed E-state index contributed by atoms with van der Waals surface area (Å²) in [5.74, 6) is -0.0948. The topological polar surface area (TPSA) is 30.0 Å². The van der Waals surface area contributed by atoms with Gasteiger partial charge in [-0.25, -0.2) is 0 Å². The van der Waals surface area contributed by atoms with Crippen molar-refractivity contribution in [3.05, 3.63) is 40.7 Å². The Balaban J connectivity index is 3.45. The number of allylic oxidation sites excluding steroid dienone is 1. The lowest BCUT2D eigenvalue weighted by atomic mass is 10.1. The fraction of sp³-hybridized carbons (Fsp3) is 0.167. The third-order valence-corrected chi connectivity index (χ3v) is 2.40. The highest BCUT2D eigenvalue weighted by Gasteiger charge is 2.11. The van der Waals surface area contributed by atoms with Crippen molar-refractivity contribution in [3.8, 4) is 0 Å². The van der Waals surface area contributed by atoms with Gasteiger partial charge in [0, 0.05) is 11.8 Å². The van der Waals surface area contributed by atoms with Gasteiger partial charge in [0.15, 0.2) is 5.78 Å². The van der Waals surface area contributed by atoms with Gasteiger partial charge in [0.05, 0.1) is 16.3 Å². The summed E-state index contributed by atoms with van der Waals surface area (Å²) in [6.45, 7) is 7.02. The van der Waals surface area contributed by atoms with Crippen molar-refractivity contribution in [2.75, 3.05) is 0 Å². The van der Waals surface area contributed by atoms with Crippen LogP contribution in [0.5, 0.6) is 0 Å². The SMILES string of the molecule is C=Cc1c(/C=C\C)ncc(C(C)=O)c1Cl. The van der Waals surface area contributed by atoms with Crippen LogP contribution in [-0.2, 0) is 0 Å². The van der Waals surface area contributed by atoms with Gasteiger partial charge in [-0.3, -0.25) is 9.78 Å². The highest BCUT2D eigenvalue weighted by Crippen LogP contribution is 2.25. The third kappa shape index (κ3) is 2.34. The first-order valence-corrected chi connectivity index (χ1v) is 4.94. The van der Waals surface area contributed by atoms with Crippen LogP contribution in [0.25, 0.3) is 12.2 Å². The largest absolute Gasteiger partial charge is 0.294 e. The molecule has 1 aromatic heterocycles. The van der Waals surface area contributed by atoms with Gasteiger partial charge in [-0.15, -0.1) is 0 Å². The molecule has 2 nitrogen and oxygen atoms in total. The van der Waals surface area contributed by atoms with E-state index in [-0.39, 0.29) is 5.78 Å². The smallest absolute Gasteiger partial charge is 0.162 e. The Hall–Kier alpha value is -1.41. The molecule has 0 atom stereocenters. The molecule has 0 aliphatic heterocycles. The number of carbonyl (C=O) groups is 1. The van der Waals surface area contributed by atoms with E-state index in [0.29, 0.717) is 16.1 Å². The summed E-state index contributed by atoms with van der Waals surface area (Å²) in [7, 11) is 0. The monoisotopic (exact) mass is 221 g/mol. The second kappa shape index (κ2) is 4.89. The first-order chi connectivity index (χ1) is 7.11. The number of hydrogen-bond acceptors (Lipinski definition) is 2. The van der Waals surface area contributed by atoms with Crippen LogP contribution in [0.15, 0.2) is 18.9 Å². The van der Waals surface area contributed by atoms with Crippen molar-refractivity contribution < 1.29 is 4.79 Å². The molecule has 0 aliphatic rings. The average Bonchev–Trinajstić information content (AvgIpc) is 2.18.